The third-order valence-corrected chi connectivity index (χ3v) is 4.11. The predicted molar refractivity (Wildman–Crippen MR) is 61.2 cm³/mol. The van der Waals surface area contributed by atoms with E-state index in [-0.39, 0.29) is 11.8 Å². The van der Waals surface area contributed by atoms with Gasteiger partial charge in [-0.05, 0) is 19.4 Å². The minimum Gasteiger partial charge on any atom is -0.480 e. The first-order valence-corrected chi connectivity index (χ1v) is 6.67. The molecule has 2 unspecified atom stereocenters. The number of carbonyl (C=O) groups is 2. The molecule has 2 heterocycles. The molecule has 2 atom stereocenters. The van der Waals surface area contributed by atoms with Crippen molar-refractivity contribution in [2.75, 3.05) is 24.7 Å². The van der Waals surface area contributed by atoms with E-state index in [2.05, 4.69) is 5.32 Å². The van der Waals surface area contributed by atoms with Crippen LogP contribution in [0.5, 0.6) is 0 Å². The molecule has 2 saturated heterocycles. The number of aliphatic carboxylic acids is 1. The lowest BCUT2D eigenvalue weighted by molar-refractivity contribution is -0.149. The first-order chi connectivity index (χ1) is 7.70. The van der Waals surface area contributed by atoms with E-state index in [0.29, 0.717) is 18.2 Å². The van der Waals surface area contributed by atoms with E-state index in [1.807, 2.05) is 0 Å². The molecule has 2 fully saturated rings. The Morgan fingerprint density at radius 2 is 2.25 bits per heavy atom. The fraction of sp³-hybridized carbons (Fsp3) is 0.800. The smallest absolute Gasteiger partial charge is 0.327 e. The lowest BCUT2D eigenvalue weighted by Crippen LogP contribution is -2.48. The maximum atomic E-state index is 12.1. The second-order valence-corrected chi connectivity index (χ2v) is 5.21. The van der Waals surface area contributed by atoms with Crippen molar-refractivity contribution < 1.29 is 14.7 Å². The molecule has 0 bridgehead atoms. The van der Waals surface area contributed by atoms with E-state index >= 15 is 0 Å². The van der Waals surface area contributed by atoms with Gasteiger partial charge < -0.3 is 15.3 Å². The van der Waals surface area contributed by atoms with Gasteiger partial charge in [-0.2, -0.15) is 0 Å². The molecule has 16 heavy (non-hydrogen) atoms. The van der Waals surface area contributed by atoms with E-state index in [4.69, 9.17) is 5.11 Å². The summed E-state index contributed by atoms with van der Waals surface area (Å²) in [7, 11) is 0. The first-order valence-electron chi connectivity index (χ1n) is 5.52. The third kappa shape index (κ3) is 2.32. The number of hydrogen-bond donors (Lipinski definition) is 2. The van der Waals surface area contributed by atoms with Crippen LogP contribution in [0.4, 0.5) is 0 Å². The van der Waals surface area contributed by atoms with Gasteiger partial charge in [0.2, 0.25) is 5.91 Å². The number of nitrogens with one attached hydrogen (secondary N) is 1. The van der Waals surface area contributed by atoms with E-state index in [1.165, 1.54) is 16.7 Å². The number of piperidine rings is 1. The maximum Gasteiger partial charge on any atom is 0.327 e. The number of carboxylic acids is 1. The number of carboxylic acid groups (broad SMARTS) is 1. The van der Waals surface area contributed by atoms with Gasteiger partial charge in [0.05, 0.1) is 11.8 Å². The second kappa shape index (κ2) is 5.05. The maximum absolute atomic E-state index is 12.1. The molecule has 0 aromatic rings. The van der Waals surface area contributed by atoms with Crippen LogP contribution in [0.2, 0.25) is 0 Å². The molecule has 90 valence electrons. The summed E-state index contributed by atoms with van der Waals surface area (Å²) >= 11 is 1.51. The summed E-state index contributed by atoms with van der Waals surface area (Å²) in [6.07, 6.45) is 1.87. The van der Waals surface area contributed by atoms with E-state index < -0.39 is 12.0 Å². The summed E-state index contributed by atoms with van der Waals surface area (Å²) in [5.74, 6) is 0.120. The number of hydrogen-bond acceptors (Lipinski definition) is 4. The van der Waals surface area contributed by atoms with E-state index in [1.54, 1.807) is 0 Å². The summed E-state index contributed by atoms with van der Waals surface area (Å²) in [4.78, 5) is 24.6. The highest BCUT2D eigenvalue weighted by Gasteiger charge is 2.37. The Morgan fingerprint density at radius 1 is 1.44 bits per heavy atom. The Kier molecular flexibility index (Phi) is 3.70. The highest BCUT2D eigenvalue weighted by molar-refractivity contribution is 7.99. The summed E-state index contributed by atoms with van der Waals surface area (Å²) in [6, 6.07) is -0.626. The Morgan fingerprint density at radius 3 is 2.88 bits per heavy atom. The SMILES string of the molecule is O=C(O)C1CSCN1C(=O)C1CCCNC1. The van der Waals surface area contributed by atoms with Gasteiger partial charge in [-0.15, -0.1) is 11.8 Å². The van der Waals surface area contributed by atoms with Crippen LogP contribution < -0.4 is 5.32 Å². The van der Waals surface area contributed by atoms with E-state index in [0.717, 1.165) is 19.4 Å². The number of nitrogens with zero attached hydrogens (tertiary/aromatic N) is 1. The molecule has 5 nitrogen and oxygen atoms in total. The van der Waals surface area contributed by atoms with Crippen LogP contribution in [-0.4, -0.2) is 52.6 Å². The van der Waals surface area contributed by atoms with Gasteiger partial charge in [0.25, 0.3) is 0 Å². The summed E-state index contributed by atoms with van der Waals surface area (Å²) in [6.45, 7) is 1.65. The van der Waals surface area contributed by atoms with Crippen molar-refractivity contribution in [1.82, 2.24) is 10.2 Å². The van der Waals surface area contributed by atoms with E-state index in [9.17, 15) is 9.59 Å². The zero-order valence-electron chi connectivity index (χ0n) is 9.02. The van der Waals surface area contributed by atoms with Crippen LogP contribution in [0, 0.1) is 5.92 Å². The van der Waals surface area contributed by atoms with Gasteiger partial charge in [0.1, 0.15) is 6.04 Å². The Hall–Kier alpha value is -0.750. The Balaban J connectivity index is 1.99. The molecule has 0 aromatic carbocycles. The average molecular weight is 244 g/mol. The van der Waals surface area contributed by atoms with Gasteiger partial charge in [-0.3, -0.25) is 4.79 Å². The fourth-order valence-electron chi connectivity index (χ4n) is 2.16. The first kappa shape index (κ1) is 11.7. The van der Waals surface area contributed by atoms with Crippen LogP contribution in [0.1, 0.15) is 12.8 Å². The van der Waals surface area contributed by atoms with Crippen molar-refractivity contribution >= 4 is 23.6 Å². The topological polar surface area (TPSA) is 69.6 Å². The largest absolute Gasteiger partial charge is 0.480 e. The molecule has 0 saturated carbocycles. The monoisotopic (exact) mass is 244 g/mol. The van der Waals surface area contributed by atoms with Crippen LogP contribution >= 0.6 is 11.8 Å². The van der Waals surface area contributed by atoms with Crippen molar-refractivity contribution in [2.45, 2.75) is 18.9 Å². The van der Waals surface area contributed by atoms with Crippen molar-refractivity contribution in [1.29, 1.82) is 0 Å². The highest BCUT2D eigenvalue weighted by Crippen LogP contribution is 2.24. The summed E-state index contributed by atoms with van der Waals surface area (Å²) < 4.78 is 0. The summed E-state index contributed by atoms with van der Waals surface area (Å²) in [5, 5.41) is 12.2. The minimum atomic E-state index is -0.887. The molecule has 0 aromatic heterocycles. The standard InChI is InChI=1S/C10H16N2O3S/c13-9(7-2-1-3-11-4-7)12-6-16-5-8(12)10(14)15/h7-8,11H,1-6H2,(H,14,15). The normalized spacial score (nSPS) is 30.4. The number of carbonyl (C=O) groups excluding carboxylic acids is 1. The Labute approximate surface area is 98.6 Å². The summed E-state index contributed by atoms with van der Waals surface area (Å²) in [5.41, 5.74) is 0. The molecular weight excluding hydrogens is 228 g/mol. The van der Waals surface area contributed by atoms with Crippen LogP contribution in [0.3, 0.4) is 0 Å². The highest BCUT2D eigenvalue weighted by atomic mass is 32.2. The van der Waals surface area contributed by atoms with Crippen molar-refractivity contribution in [3.05, 3.63) is 0 Å². The molecule has 1 amide bonds. The third-order valence-electron chi connectivity index (χ3n) is 3.10. The second-order valence-electron chi connectivity index (χ2n) is 4.21. The zero-order valence-corrected chi connectivity index (χ0v) is 9.83. The zero-order chi connectivity index (χ0) is 11.5. The van der Waals surface area contributed by atoms with Gasteiger partial charge in [0.15, 0.2) is 0 Å². The van der Waals surface area contributed by atoms with Crippen LogP contribution in [0.25, 0.3) is 0 Å². The molecule has 0 spiro atoms. The number of amides is 1. The molecular formula is C10H16N2O3S. The molecule has 0 radical (unpaired) electrons. The average Bonchev–Trinajstić information content (AvgIpc) is 2.78. The number of thioether (sulfide) groups is 1. The molecule has 2 aliphatic rings. The van der Waals surface area contributed by atoms with Crippen LogP contribution in [0.15, 0.2) is 0 Å². The van der Waals surface area contributed by atoms with Crippen LogP contribution in [-0.2, 0) is 9.59 Å². The predicted octanol–water partition coefficient (Wildman–Crippen LogP) is -0.0279. The number of rotatable bonds is 2. The van der Waals surface area contributed by atoms with Crippen molar-refractivity contribution in [2.24, 2.45) is 5.92 Å². The fourth-order valence-corrected chi connectivity index (χ4v) is 3.32. The molecule has 2 N–H and O–H groups in total. The Bertz CT molecular complexity index is 292. The molecule has 0 aliphatic carbocycles. The van der Waals surface area contributed by atoms with Gasteiger partial charge in [-0.1, -0.05) is 0 Å². The lowest BCUT2D eigenvalue weighted by Gasteiger charge is -2.28. The quantitative estimate of drug-likeness (QED) is 0.714. The van der Waals surface area contributed by atoms with Gasteiger partial charge >= 0.3 is 5.97 Å². The minimum absolute atomic E-state index is 0.00426. The van der Waals surface area contributed by atoms with Gasteiger partial charge in [-0.25, -0.2) is 4.79 Å². The molecule has 6 heteroatoms. The lowest BCUT2D eigenvalue weighted by atomic mass is 9.98. The van der Waals surface area contributed by atoms with Crippen molar-refractivity contribution in [3.8, 4) is 0 Å². The van der Waals surface area contributed by atoms with Crippen molar-refractivity contribution in [3.63, 3.8) is 0 Å². The molecule has 2 aliphatic heterocycles. The van der Waals surface area contributed by atoms with Gasteiger partial charge in [0, 0.05) is 12.3 Å². The molecule has 2 rings (SSSR count).